The summed E-state index contributed by atoms with van der Waals surface area (Å²) >= 11 is 0. The van der Waals surface area contributed by atoms with Crippen LogP contribution in [0.4, 0.5) is 8.78 Å². The molecule has 4 rings (SSSR count). The Morgan fingerprint density at radius 3 is 2.96 bits per heavy atom. The van der Waals surface area contributed by atoms with E-state index >= 15 is 0 Å². The molecule has 0 aliphatic carbocycles. The number of fused-ring (bicyclic) bond motifs is 1. The Labute approximate surface area is 155 Å². The fourth-order valence-corrected chi connectivity index (χ4v) is 3.27. The molecule has 2 unspecified atom stereocenters. The lowest BCUT2D eigenvalue weighted by molar-refractivity contribution is 0.00861. The van der Waals surface area contributed by atoms with Crippen molar-refractivity contribution >= 4 is 11.0 Å². The quantitative estimate of drug-likeness (QED) is 0.719. The lowest BCUT2D eigenvalue weighted by atomic mass is 10.3. The number of benzene rings is 1. The summed E-state index contributed by atoms with van der Waals surface area (Å²) in [4.78, 5) is 13.7. The Hall–Kier alpha value is -2.58. The van der Waals surface area contributed by atoms with Crippen LogP contribution >= 0.6 is 0 Å². The van der Waals surface area contributed by atoms with Crippen molar-refractivity contribution in [3.05, 3.63) is 53.7 Å². The highest BCUT2D eigenvalue weighted by molar-refractivity contribution is 5.74. The van der Waals surface area contributed by atoms with Gasteiger partial charge in [-0.05, 0) is 24.3 Å². The summed E-state index contributed by atoms with van der Waals surface area (Å²) in [5.74, 6) is 0.758. The lowest BCUT2D eigenvalue weighted by Gasteiger charge is -2.15. The Balaban J connectivity index is 1.35. The topological polar surface area (TPSA) is 63.3 Å². The predicted octanol–water partition coefficient (Wildman–Crippen LogP) is 2.84. The second kappa shape index (κ2) is 7.58. The zero-order valence-electron chi connectivity index (χ0n) is 14.9. The van der Waals surface area contributed by atoms with Crippen molar-refractivity contribution < 1.29 is 18.3 Å². The standard InChI is InChI=1S/C19H20F2N4O2/c1-26-19-4-2-3-13(22-19)8-25-9-14(21)17(10-25)27-11-18-23-15-6-5-12(20)7-16(15)24-18/h2-7,14,17H,8-11H2,1H3,(H,23,24). The van der Waals surface area contributed by atoms with Gasteiger partial charge in [0.05, 0.1) is 23.8 Å². The average Bonchev–Trinajstić information content (AvgIpc) is 3.22. The van der Waals surface area contributed by atoms with Gasteiger partial charge in [-0.2, -0.15) is 0 Å². The lowest BCUT2D eigenvalue weighted by Crippen LogP contribution is -2.24. The highest BCUT2D eigenvalue weighted by Crippen LogP contribution is 2.21. The molecule has 0 saturated carbocycles. The smallest absolute Gasteiger partial charge is 0.213 e. The molecule has 3 aromatic rings. The largest absolute Gasteiger partial charge is 0.481 e. The SMILES string of the molecule is COc1cccc(CN2CC(F)C(OCc3nc4ccc(F)cc4[nH]3)C2)n1. The van der Waals surface area contributed by atoms with Crippen molar-refractivity contribution in [2.45, 2.75) is 25.4 Å². The Kier molecular flexibility index (Phi) is 5.00. The molecule has 2 atom stereocenters. The molecule has 1 fully saturated rings. The number of aromatic amines is 1. The number of ether oxygens (including phenoxy) is 2. The number of hydrogen-bond acceptors (Lipinski definition) is 5. The molecule has 2 aromatic heterocycles. The van der Waals surface area contributed by atoms with E-state index in [9.17, 15) is 8.78 Å². The van der Waals surface area contributed by atoms with Gasteiger partial charge in [0.25, 0.3) is 0 Å². The fraction of sp³-hybridized carbons (Fsp3) is 0.368. The van der Waals surface area contributed by atoms with Crippen molar-refractivity contribution in [3.63, 3.8) is 0 Å². The molecular formula is C19H20F2N4O2. The number of likely N-dealkylation sites (tertiary alicyclic amines) is 1. The molecule has 0 amide bonds. The van der Waals surface area contributed by atoms with Gasteiger partial charge >= 0.3 is 0 Å². The summed E-state index contributed by atoms with van der Waals surface area (Å²) in [6.45, 7) is 1.43. The molecule has 0 bridgehead atoms. The van der Waals surface area contributed by atoms with Crippen molar-refractivity contribution in [2.24, 2.45) is 0 Å². The van der Waals surface area contributed by atoms with E-state index in [1.807, 2.05) is 17.0 Å². The van der Waals surface area contributed by atoms with E-state index in [-0.39, 0.29) is 19.0 Å². The summed E-state index contributed by atoms with van der Waals surface area (Å²) in [5, 5.41) is 0. The minimum Gasteiger partial charge on any atom is -0.481 e. The van der Waals surface area contributed by atoms with Gasteiger partial charge in [-0.1, -0.05) is 6.07 Å². The maximum absolute atomic E-state index is 14.4. The van der Waals surface area contributed by atoms with Gasteiger partial charge in [0.1, 0.15) is 30.5 Å². The number of nitrogens with one attached hydrogen (secondary N) is 1. The number of alkyl halides is 1. The number of halogens is 2. The van der Waals surface area contributed by atoms with Crippen LogP contribution in [0.15, 0.2) is 36.4 Å². The minimum atomic E-state index is -1.09. The van der Waals surface area contributed by atoms with Gasteiger partial charge in [0.2, 0.25) is 5.88 Å². The van der Waals surface area contributed by atoms with Crippen LogP contribution < -0.4 is 4.74 Å². The number of hydrogen-bond donors (Lipinski definition) is 1. The van der Waals surface area contributed by atoms with E-state index < -0.39 is 12.3 Å². The van der Waals surface area contributed by atoms with E-state index in [1.54, 1.807) is 19.2 Å². The number of imidazole rings is 1. The van der Waals surface area contributed by atoms with Gasteiger partial charge < -0.3 is 14.5 Å². The molecule has 1 aliphatic rings. The second-order valence-corrected chi connectivity index (χ2v) is 6.58. The van der Waals surface area contributed by atoms with E-state index in [2.05, 4.69) is 15.0 Å². The molecule has 142 valence electrons. The van der Waals surface area contributed by atoms with Gasteiger partial charge in [-0.15, -0.1) is 0 Å². The van der Waals surface area contributed by atoms with Crippen molar-refractivity contribution in [1.82, 2.24) is 19.9 Å². The molecule has 0 radical (unpaired) electrons. The number of H-pyrrole nitrogens is 1. The first-order chi connectivity index (χ1) is 13.1. The van der Waals surface area contributed by atoms with Crippen molar-refractivity contribution in [2.75, 3.05) is 20.2 Å². The summed E-state index contributed by atoms with van der Waals surface area (Å²) in [5.41, 5.74) is 2.08. The van der Waals surface area contributed by atoms with Gasteiger partial charge in [-0.25, -0.2) is 18.7 Å². The average molecular weight is 374 g/mol. The van der Waals surface area contributed by atoms with Crippen LogP contribution in [0, 0.1) is 5.82 Å². The minimum absolute atomic E-state index is 0.145. The van der Waals surface area contributed by atoms with Crippen LogP contribution in [0.2, 0.25) is 0 Å². The number of nitrogens with zero attached hydrogens (tertiary/aromatic N) is 3. The first kappa shape index (κ1) is 17.8. The molecule has 3 heterocycles. The van der Waals surface area contributed by atoms with Gasteiger partial charge in [0.15, 0.2) is 0 Å². The first-order valence-electron chi connectivity index (χ1n) is 8.73. The van der Waals surface area contributed by atoms with Gasteiger partial charge in [-0.3, -0.25) is 4.90 Å². The Morgan fingerprint density at radius 1 is 1.22 bits per heavy atom. The molecule has 0 spiro atoms. The Bertz CT molecular complexity index is 933. The zero-order chi connectivity index (χ0) is 18.8. The van der Waals surface area contributed by atoms with Crippen LogP contribution in [0.3, 0.4) is 0 Å². The number of methoxy groups -OCH3 is 1. The zero-order valence-corrected chi connectivity index (χ0v) is 14.9. The Morgan fingerprint density at radius 2 is 2.11 bits per heavy atom. The number of rotatable bonds is 6. The molecule has 1 N–H and O–H groups in total. The highest BCUT2D eigenvalue weighted by Gasteiger charge is 2.34. The normalized spacial score (nSPS) is 20.4. The molecule has 6 nitrogen and oxygen atoms in total. The van der Waals surface area contributed by atoms with E-state index in [0.29, 0.717) is 35.8 Å². The molecule has 1 aliphatic heterocycles. The maximum atomic E-state index is 14.4. The fourth-order valence-electron chi connectivity index (χ4n) is 3.27. The van der Waals surface area contributed by atoms with E-state index in [4.69, 9.17) is 9.47 Å². The molecule has 8 heteroatoms. The van der Waals surface area contributed by atoms with Crippen molar-refractivity contribution in [3.8, 4) is 5.88 Å². The molecule has 1 aromatic carbocycles. The van der Waals surface area contributed by atoms with Crippen LogP contribution in [0.25, 0.3) is 11.0 Å². The summed E-state index contributed by atoms with van der Waals surface area (Å²) in [7, 11) is 1.57. The van der Waals surface area contributed by atoms with E-state index in [0.717, 1.165) is 5.69 Å². The third-order valence-electron chi connectivity index (χ3n) is 4.58. The molecule has 1 saturated heterocycles. The summed E-state index contributed by atoms with van der Waals surface area (Å²) < 4.78 is 38.4. The van der Waals surface area contributed by atoms with E-state index in [1.165, 1.54) is 12.1 Å². The summed E-state index contributed by atoms with van der Waals surface area (Å²) in [6.07, 6.45) is -1.63. The number of pyridine rings is 1. The molecule has 27 heavy (non-hydrogen) atoms. The number of aromatic nitrogens is 3. The second-order valence-electron chi connectivity index (χ2n) is 6.58. The summed E-state index contributed by atoms with van der Waals surface area (Å²) in [6, 6.07) is 9.85. The van der Waals surface area contributed by atoms with Crippen molar-refractivity contribution in [1.29, 1.82) is 0 Å². The third kappa shape index (κ3) is 4.06. The third-order valence-corrected chi connectivity index (χ3v) is 4.58. The van der Waals surface area contributed by atoms with Crippen LogP contribution in [0.1, 0.15) is 11.5 Å². The van der Waals surface area contributed by atoms with Crippen LogP contribution in [-0.2, 0) is 17.9 Å². The maximum Gasteiger partial charge on any atom is 0.213 e. The van der Waals surface area contributed by atoms with Crippen LogP contribution in [-0.4, -0.2) is 52.3 Å². The highest BCUT2D eigenvalue weighted by atomic mass is 19.1. The predicted molar refractivity (Wildman–Crippen MR) is 95.6 cm³/mol. The van der Waals surface area contributed by atoms with Gasteiger partial charge in [0, 0.05) is 25.7 Å². The first-order valence-corrected chi connectivity index (χ1v) is 8.73. The van der Waals surface area contributed by atoms with Crippen LogP contribution in [0.5, 0.6) is 5.88 Å². The molecular weight excluding hydrogens is 354 g/mol. The monoisotopic (exact) mass is 374 g/mol.